The predicted molar refractivity (Wildman–Crippen MR) is 132 cm³/mol. The van der Waals surface area contributed by atoms with E-state index in [0.717, 1.165) is 11.1 Å². The number of benzene rings is 1. The van der Waals surface area contributed by atoms with Crippen molar-refractivity contribution >= 4 is 35.5 Å². The van der Waals surface area contributed by atoms with Gasteiger partial charge in [0.25, 0.3) is 5.91 Å². The minimum Gasteiger partial charge on any atom is -0.480 e. The van der Waals surface area contributed by atoms with Gasteiger partial charge in [0.2, 0.25) is 11.8 Å². The molecule has 4 N–H and O–H groups in total. The van der Waals surface area contributed by atoms with Crippen LogP contribution in [-0.2, 0) is 27.3 Å². The van der Waals surface area contributed by atoms with E-state index in [4.69, 9.17) is 0 Å². The zero-order chi connectivity index (χ0) is 25.5. The molecular formula is C24H31N5O5S. The third-order valence-electron chi connectivity index (χ3n) is 6.02. The van der Waals surface area contributed by atoms with Crippen LogP contribution in [0.3, 0.4) is 0 Å². The van der Waals surface area contributed by atoms with Gasteiger partial charge in [-0.3, -0.25) is 14.4 Å². The molecule has 0 radical (unpaired) electrons. The second-order valence-electron chi connectivity index (χ2n) is 8.80. The molecule has 0 spiro atoms. The lowest BCUT2D eigenvalue weighted by Crippen LogP contribution is -2.60. The Labute approximate surface area is 208 Å². The minimum absolute atomic E-state index is 0.179. The topological polar surface area (TPSA) is 144 Å². The van der Waals surface area contributed by atoms with Gasteiger partial charge in [0.1, 0.15) is 23.8 Å². The summed E-state index contributed by atoms with van der Waals surface area (Å²) in [5.74, 6) is -2.21. The second kappa shape index (κ2) is 11.9. The number of thioether (sulfide) groups is 1. The SMILES string of the molecule is CSCC[C@H](NC(=O)[C@@H]1Cc2ccccc2CN1C(=O)[C@@H](NC(=O)c1cnc[nH]1)C(C)C)C(=O)O. The van der Waals surface area contributed by atoms with Crippen molar-refractivity contribution in [3.8, 4) is 0 Å². The average molecular weight is 502 g/mol. The quantitative estimate of drug-likeness (QED) is 0.386. The summed E-state index contributed by atoms with van der Waals surface area (Å²) in [5.41, 5.74) is 2.06. The molecule has 0 aliphatic carbocycles. The molecule has 0 fully saturated rings. The van der Waals surface area contributed by atoms with Crippen LogP contribution < -0.4 is 10.6 Å². The number of carbonyl (C=O) groups excluding carboxylic acids is 3. The number of H-pyrrole nitrogens is 1. The van der Waals surface area contributed by atoms with Crippen molar-refractivity contribution in [3.05, 3.63) is 53.6 Å². The van der Waals surface area contributed by atoms with Crippen LogP contribution in [-0.4, -0.2) is 73.8 Å². The fourth-order valence-electron chi connectivity index (χ4n) is 4.04. The highest BCUT2D eigenvalue weighted by molar-refractivity contribution is 7.98. The number of aliphatic carboxylic acids is 1. The van der Waals surface area contributed by atoms with Crippen LogP contribution in [0.25, 0.3) is 0 Å². The summed E-state index contributed by atoms with van der Waals surface area (Å²) in [5, 5.41) is 14.9. The number of imidazole rings is 1. The molecule has 0 unspecified atom stereocenters. The summed E-state index contributed by atoms with van der Waals surface area (Å²) >= 11 is 1.49. The van der Waals surface area contributed by atoms with Gasteiger partial charge in [-0.1, -0.05) is 38.1 Å². The third-order valence-corrected chi connectivity index (χ3v) is 6.67. The number of rotatable bonds is 10. The predicted octanol–water partition coefficient (Wildman–Crippen LogP) is 1.44. The molecule has 2 aromatic rings. The normalized spacial score (nSPS) is 16.8. The molecule has 10 nitrogen and oxygen atoms in total. The number of fused-ring (bicyclic) bond motifs is 1. The van der Waals surface area contributed by atoms with Crippen molar-refractivity contribution in [3.63, 3.8) is 0 Å². The fraction of sp³-hybridized carbons (Fsp3) is 0.458. The molecule has 1 aromatic heterocycles. The van der Waals surface area contributed by atoms with Crippen LogP contribution in [0.1, 0.15) is 41.9 Å². The van der Waals surface area contributed by atoms with Gasteiger partial charge in [0.15, 0.2) is 0 Å². The molecular weight excluding hydrogens is 470 g/mol. The van der Waals surface area contributed by atoms with Crippen molar-refractivity contribution in [2.75, 3.05) is 12.0 Å². The monoisotopic (exact) mass is 501 g/mol. The van der Waals surface area contributed by atoms with Crippen molar-refractivity contribution in [2.45, 2.75) is 51.4 Å². The summed E-state index contributed by atoms with van der Waals surface area (Å²) < 4.78 is 0. The van der Waals surface area contributed by atoms with E-state index in [1.54, 1.807) is 0 Å². The Balaban J connectivity index is 1.87. The number of carboxylic acid groups (broad SMARTS) is 1. The summed E-state index contributed by atoms with van der Waals surface area (Å²) in [4.78, 5) is 59.4. The van der Waals surface area contributed by atoms with Crippen molar-refractivity contribution in [2.24, 2.45) is 5.92 Å². The summed E-state index contributed by atoms with van der Waals surface area (Å²) in [6.07, 6.45) is 5.13. The second-order valence-corrected chi connectivity index (χ2v) is 9.78. The number of aromatic nitrogens is 2. The maximum absolute atomic E-state index is 13.7. The third kappa shape index (κ3) is 6.41. The van der Waals surface area contributed by atoms with Crippen LogP contribution in [0.4, 0.5) is 0 Å². The van der Waals surface area contributed by atoms with Crippen LogP contribution in [0.2, 0.25) is 0 Å². The molecule has 0 bridgehead atoms. The average Bonchev–Trinajstić information content (AvgIpc) is 3.38. The van der Waals surface area contributed by atoms with E-state index in [1.165, 1.54) is 29.2 Å². The largest absolute Gasteiger partial charge is 0.480 e. The summed E-state index contributed by atoms with van der Waals surface area (Å²) in [6, 6.07) is 4.69. The zero-order valence-corrected chi connectivity index (χ0v) is 20.8. The highest BCUT2D eigenvalue weighted by Crippen LogP contribution is 2.25. The van der Waals surface area contributed by atoms with Crippen LogP contribution in [0.15, 0.2) is 36.8 Å². The van der Waals surface area contributed by atoms with E-state index in [0.29, 0.717) is 5.75 Å². The molecule has 35 heavy (non-hydrogen) atoms. The lowest BCUT2D eigenvalue weighted by Gasteiger charge is -2.39. The molecule has 0 saturated heterocycles. The Morgan fingerprint density at radius 2 is 1.91 bits per heavy atom. The molecule has 2 heterocycles. The van der Waals surface area contributed by atoms with Crippen LogP contribution >= 0.6 is 11.8 Å². The molecule has 1 aromatic carbocycles. The highest BCUT2D eigenvalue weighted by Gasteiger charge is 2.40. The van der Waals surface area contributed by atoms with E-state index in [9.17, 15) is 24.3 Å². The van der Waals surface area contributed by atoms with E-state index in [1.807, 2.05) is 44.4 Å². The van der Waals surface area contributed by atoms with E-state index >= 15 is 0 Å². The van der Waals surface area contributed by atoms with Gasteiger partial charge in [0, 0.05) is 13.0 Å². The number of amides is 3. The molecule has 3 rings (SSSR count). The van der Waals surface area contributed by atoms with Gasteiger partial charge in [0.05, 0.1) is 12.5 Å². The standard InChI is InChI=1S/C24H31N5O5S/c1-14(2)20(28-21(30)18-11-25-13-26-18)23(32)29-12-16-7-5-4-6-15(16)10-19(29)22(31)27-17(24(33)34)8-9-35-3/h4-7,11,13-14,17,19-20H,8-10,12H2,1-3H3,(H,25,26)(H,27,31)(H,28,30)(H,33,34)/t17-,19-,20-/m0/s1. The van der Waals surface area contributed by atoms with Gasteiger partial charge < -0.3 is 25.6 Å². The van der Waals surface area contributed by atoms with Gasteiger partial charge in [-0.05, 0) is 35.5 Å². The first kappa shape index (κ1) is 26.3. The van der Waals surface area contributed by atoms with Crippen molar-refractivity contribution < 1.29 is 24.3 Å². The lowest BCUT2D eigenvalue weighted by atomic mass is 9.91. The Kier molecular flexibility index (Phi) is 8.91. The van der Waals surface area contributed by atoms with Gasteiger partial charge >= 0.3 is 5.97 Å². The first-order valence-corrected chi connectivity index (χ1v) is 12.8. The van der Waals surface area contributed by atoms with Gasteiger partial charge in [-0.15, -0.1) is 0 Å². The molecule has 11 heteroatoms. The van der Waals surface area contributed by atoms with Crippen molar-refractivity contribution in [1.82, 2.24) is 25.5 Å². The smallest absolute Gasteiger partial charge is 0.326 e. The van der Waals surface area contributed by atoms with Crippen LogP contribution in [0.5, 0.6) is 0 Å². The van der Waals surface area contributed by atoms with Gasteiger partial charge in [-0.25, -0.2) is 9.78 Å². The maximum atomic E-state index is 13.7. The van der Waals surface area contributed by atoms with E-state index < -0.39 is 41.8 Å². The number of aromatic amines is 1. The summed E-state index contributed by atoms with van der Waals surface area (Å²) in [6.45, 7) is 3.80. The molecule has 0 saturated carbocycles. The first-order chi connectivity index (χ1) is 16.7. The van der Waals surface area contributed by atoms with E-state index in [-0.39, 0.29) is 31.0 Å². The Morgan fingerprint density at radius 3 is 2.51 bits per heavy atom. The Morgan fingerprint density at radius 1 is 1.20 bits per heavy atom. The Bertz CT molecular complexity index is 1060. The summed E-state index contributed by atoms with van der Waals surface area (Å²) in [7, 11) is 0. The van der Waals surface area contributed by atoms with Crippen molar-refractivity contribution in [1.29, 1.82) is 0 Å². The minimum atomic E-state index is -1.12. The molecule has 3 atom stereocenters. The number of nitrogens with one attached hydrogen (secondary N) is 3. The number of hydrogen-bond donors (Lipinski definition) is 4. The van der Waals surface area contributed by atoms with Gasteiger partial charge in [-0.2, -0.15) is 11.8 Å². The highest BCUT2D eigenvalue weighted by atomic mass is 32.2. The Hall–Kier alpha value is -3.34. The molecule has 188 valence electrons. The number of carbonyl (C=O) groups is 4. The van der Waals surface area contributed by atoms with Crippen LogP contribution in [0, 0.1) is 5.92 Å². The number of hydrogen-bond acceptors (Lipinski definition) is 6. The molecule has 1 aliphatic rings. The molecule has 1 aliphatic heterocycles. The fourth-order valence-corrected chi connectivity index (χ4v) is 4.51. The molecule has 3 amide bonds. The zero-order valence-electron chi connectivity index (χ0n) is 20.0. The number of nitrogens with zero attached hydrogens (tertiary/aromatic N) is 2. The maximum Gasteiger partial charge on any atom is 0.326 e. The number of carboxylic acids is 1. The lowest BCUT2D eigenvalue weighted by molar-refractivity contribution is -0.146. The first-order valence-electron chi connectivity index (χ1n) is 11.4. The van der Waals surface area contributed by atoms with E-state index in [2.05, 4.69) is 20.6 Å².